The van der Waals surface area contributed by atoms with Gasteiger partial charge >= 0.3 is 0 Å². The number of rotatable bonds is 4. The normalized spacial score (nSPS) is 14.2. The van der Waals surface area contributed by atoms with Crippen LogP contribution in [0.3, 0.4) is 0 Å². The van der Waals surface area contributed by atoms with Crippen LogP contribution in [0.25, 0.3) is 0 Å². The molecular formula is C21H23FN2O3. The molecule has 0 saturated carbocycles. The number of carbonyl (C=O) groups is 2. The van der Waals surface area contributed by atoms with E-state index in [1.54, 1.807) is 21.9 Å². The van der Waals surface area contributed by atoms with Crippen molar-refractivity contribution in [3.05, 3.63) is 65.0 Å². The third kappa shape index (κ3) is 4.45. The first-order valence-corrected chi connectivity index (χ1v) is 8.97. The number of amides is 2. The van der Waals surface area contributed by atoms with E-state index in [0.29, 0.717) is 31.9 Å². The minimum absolute atomic E-state index is 0.0379. The molecule has 0 unspecified atom stereocenters. The Morgan fingerprint density at radius 2 is 1.63 bits per heavy atom. The number of carbonyl (C=O) groups excluding carboxylic acids is 2. The quantitative estimate of drug-likeness (QED) is 0.832. The summed E-state index contributed by atoms with van der Waals surface area (Å²) in [6.45, 7) is 5.56. The van der Waals surface area contributed by atoms with Gasteiger partial charge in [-0.15, -0.1) is 0 Å². The van der Waals surface area contributed by atoms with Crippen LogP contribution in [-0.2, 0) is 4.79 Å². The van der Waals surface area contributed by atoms with Crippen molar-refractivity contribution < 1.29 is 18.7 Å². The first kappa shape index (κ1) is 18.9. The Balaban J connectivity index is 1.51. The summed E-state index contributed by atoms with van der Waals surface area (Å²) in [5.41, 5.74) is 2.35. The highest BCUT2D eigenvalue weighted by molar-refractivity contribution is 5.94. The number of piperazine rings is 1. The van der Waals surface area contributed by atoms with Gasteiger partial charge in [-0.05, 0) is 49.2 Å². The summed E-state index contributed by atoms with van der Waals surface area (Å²) >= 11 is 0. The van der Waals surface area contributed by atoms with Gasteiger partial charge in [-0.2, -0.15) is 0 Å². The van der Waals surface area contributed by atoms with Gasteiger partial charge in [-0.25, -0.2) is 4.39 Å². The third-order valence-corrected chi connectivity index (χ3v) is 4.86. The van der Waals surface area contributed by atoms with Crippen LogP contribution < -0.4 is 4.74 Å². The Labute approximate surface area is 158 Å². The molecule has 0 aromatic heterocycles. The fraction of sp³-hybridized carbons (Fsp3) is 0.333. The van der Waals surface area contributed by atoms with Crippen molar-refractivity contribution in [1.29, 1.82) is 0 Å². The summed E-state index contributed by atoms with van der Waals surface area (Å²) in [5, 5.41) is 0. The molecule has 1 aliphatic heterocycles. The second-order valence-electron chi connectivity index (χ2n) is 6.69. The lowest BCUT2D eigenvalue weighted by atomic mass is 10.1. The summed E-state index contributed by atoms with van der Waals surface area (Å²) in [5.74, 6) is -0.319. The standard InChI is InChI=1S/C21H23FN2O3/c1-15-7-8-17(13-16(15)2)27-14-20(25)23-9-11-24(12-10-23)21(26)18-5-3-4-6-19(18)22/h3-8,13H,9-12,14H2,1-2H3. The maximum Gasteiger partial charge on any atom is 0.260 e. The zero-order valence-corrected chi connectivity index (χ0v) is 15.6. The van der Waals surface area contributed by atoms with E-state index >= 15 is 0 Å². The lowest BCUT2D eigenvalue weighted by Gasteiger charge is -2.34. The molecule has 0 radical (unpaired) electrons. The lowest BCUT2D eigenvalue weighted by molar-refractivity contribution is -0.134. The number of aryl methyl sites for hydroxylation is 2. The molecule has 2 aromatic carbocycles. The average Bonchev–Trinajstić information content (AvgIpc) is 2.68. The number of hydrogen-bond donors (Lipinski definition) is 0. The van der Waals surface area contributed by atoms with Gasteiger partial charge in [0.15, 0.2) is 6.61 Å². The van der Waals surface area contributed by atoms with Gasteiger partial charge in [0.1, 0.15) is 11.6 Å². The van der Waals surface area contributed by atoms with Crippen LogP contribution >= 0.6 is 0 Å². The summed E-state index contributed by atoms with van der Waals surface area (Å²) in [7, 11) is 0. The largest absolute Gasteiger partial charge is 0.484 e. The topological polar surface area (TPSA) is 49.9 Å². The number of ether oxygens (including phenoxy) is 1. The molecular weight excluding hydrogens is 347 g/mol. The van der Waals surface area contributed by atoms with E-state index in [9.17, 15) is 14.0 Å². The molecule has 1 heterocycles. The maximum atomic E-state index is 13.8. The SMILES string of the molecule is Cc1ccc(OCC(=O)N2CCN(C(=O)c3ccccc3F)CC2)cc1C. The molecule has 2 amide bonds. The van der Waals surface area contributed by atoms with E-state index < -0.39 is 5.82 Å². The van der Waals surface area contributed by atoms with Crippen LogP contribution in [0.15, 0.2) is 42.5 Å². The number of nitrogens with zero attached hydrogens (tertiary/aromatic N) is 2. The van der Waals surface area contributed by atoms with E-state index in [0.717, 1.165) is 5.56 Å². The Kier molecular flexibility index (Phi) is 5.74. The van der Waals surface area contributed by atoms with E-state index in [4.69, 9.17) is 4.74 Å². The van der Waals surface area contributed by atoms with E-state index in [1.807, 2.05) is 32.0 Å². The van der Waals surface area contributed by atoms with Crippen molar-refractivity contribution in [3.8, 4) is 5.75 Å². The van der Waals surface area contributed by atoms with Crippen LogP contribution in [0.4, 0.5) is 4.39 Å². The maximum absolute atomic E-state index is 13.8. The Morgan fingerprint density at radius 3 is 2.30 bits per heavy atom. The number of hydrogen-bond acceptors (Lipinski definition) is 3. The predicted molar refractivity (Wildman–Crippen MR) is 100 cm³/mol. The van der Waals surface area contributed by atoms with Gasteiger partial charge in [0.05, 0.1) is 5.56 Å². The van der Waals surface area contributed by atoms with Gasteiger partial charge in [0, 0.05) is 26.2 Å². The fourth-order valence-corrected chi connectivity index (χ4v) is 3.00. The van der Waals surface area contributed by atoms with Gasteiger partial charge < -0.3 is 14.5 Å². The predicted octanol–water partition coefficient (Wildman–Crippen LogP) is 2.81. The van der Waals surface area contributed by atoms with Gasteiger partial charge in [-0.1, -0.05) is 18.2 Å². The summed E-state index contributed by atoms with van der Waals surface area (Å²) in [4.78, 5) is 28.0. The van der Waals surface area contributed by atoms with Crippen molar-refractivity contribution in [2.75, 3.05) is 32.8 Å². The highest BCUT2D eigenvalue weighted by Gasteiger charge is 2.26. The van der Waals surface area contributed by atoms with E-state index in [2.05, 4.69) is 0 Å². The molecule has 0 N–H and O–H groups in total. The molecule has 0 atom stereocenters. The number of benzene rings is 2. The summed E-state index contributed by atoms with van der Waals surface area (Å²) in [6, 6.07) is 11.7. The molecule has 0 bridgehead atoms. The molecule has 0 aliphatic carbocycles. The van der Waals surface area contributed by atoms with E-state index in [1.165, 1.54) is 17.7 Å². The van der Waals surface area contributed by atoms with Gasteiger partial charge in [0.2, 0.25) is 0 Å². The van der Waals surface area contributed by atoms with Crippen LogP contribution in [0, 0.1) is 19.7 Å². The van der Waals surface area contributed by atoms with Gasteiger partial charge in [0.25, 0.3) is 11.8 Å². The van der Waals surface area contributed by atoms with Crippen molar-refractivity contribution in [2.45, 2.75) is 13.8 Å². The Hall–Kier alpha value is -2.89. The van der Waals surface area contributed by atoms with Crippen molar-refractivity contribution in [2.24, 2.45) is 0 Å². The minimum Gasteiger partial charge on any atom is -0.484 e. The highest BCUT2D eigenvalue weighted by Crippen LogP contribution is 2.17. The van der Waals surface area contributed by atoms with Crippen molar-refractivity contribution in [1.82, 2.24) is 9.80 Å². The molecule has 1 aliphatic rings. The smallest absolute Gasteiger partial charge is 0.260 e. The molecule has 1 saturated heterocycles. The Bertz CT molecular complexity index is 845. The molecule has 5 nitrogen and oxygen atoms in total. The average molecular weight is 370 g/mol. The van der Waals surface area contributed by atoms with E-state index in [-0.39, 0.29) is 24.0 Å². The molecule has 142 valence electrons. The highest BCUT2D eigenvalue weighted by atomic mass is 19.1. The monoisotopic (exact) mass is 370 g/mol. The zero-order valence-electron chi connectivity index (χ0n) is 15.6. The van der Waals surface area contributed by atoms with Crippen LogP contribution in [0.5, 0.6) is 5.75 Å². The second-order valence-corrected chi connectivity index (χ2v) is 6.69. The Morgan fingerprint density at radius 1 is 0.963 bits per heavy atom. The molecule has 3 rings (SSSR count). The summed E-state index contributed by atoms with van der Waals surface area (Å²) in [6.07, 6.45) is 0. The molecule has 2 aromatic rings. The number of halogens is 1. The van der Waals surface area contributed by atoms with Crippen LogP contribution in [0.1, 0.15) is 21.5 Å². The van der Waals surface area contributed by atoms with Gasteiger partial charge in [-0.3, -0.25) is 9.59 Å². The van der Waals surface area contributed by atoms with Crippen LogP contribution in [0.2, 0.25) is 0 Å². The lowest BCUT2D eigenvalue weighted by Crippen LogP contribution is -2.51. The molecule has 1 fully saturated rings. The fourth-order valence-electron chi connectivity index (χ4n) is 3.00. The zero-order chi connectivity index (χ0) is 19.4. The first-order chi connectivity index (χ1) is 13.0. The molecule has 27 heavy (non-hydrogen) atoms. The molecule has 6 heteroatoms. The minimum atomic E-state index is -0.525. The summed E-state index contributed by atoms with van der Waals surface area (Å²) < 4.78 is 19.4. The van der Waals surface area contributed by atoms with Crippen LogP contribution in [-0.4, -0.2) is 54.4 Å². The van der Waals surface area contributed by atoms with Crippen molar-refractivity contribution in [3.63, 3.8) is 0 Å². The molecule has 0 spiro atoms. The third-order valence-electron chi connectivity index (χ3n) is 4.86. The second kappa shape index (κ2) is 8.20. The van der Waals surface area contributed by atoms with Crippen molar-refractivity contribution >= 4 is 11.8 Å². The first-order valence-electron chi connectivity index (χ1n) is 8.97.